The van der Waals surface area contributed by atoms with Crippen molar-refractivity contribution in [1.29, 1.82) is 0 Å². The molecule has 17 heavy (non-hydrogen) atoms. The summed E-state index contributed by atoms with van der Waals surface area (Å²) in [6, 6.07) is 10.2. The van der Waals surface area contributed by atoms with E-state index in [9.17, 15) is 9.59 Å². The van der Waals surface area contributed by atoms with Gasteiger partial charge in [-0.1, -0.05) is 30.3 Å². The molecule has 1 aromatic carbocycles. The number of Topliss-reactive ketones (excluding diaryl/α,β-unsaturated/α-hetero) is 1. The Morgan fingerprint density at radius 2 is 1.82 bits per heavy atom. The summed E-state index contributed by atoms with van der Waals surface area (Å²) in [6.07, 6.45) is 3.30. The lowest BCUT2D eigenvalue weighted by molar-refractivity contribution is -0.145. The molecule has 3 nitrogen and oxygen atoms in total. The molecule has 92 valence electrons. The fraction of sp³-hybridized carbons (Fsp3) is 0.429. The van der Waals surface area contributed by atoms with Crippen LogP contribution in [0.1, 0.15) is 31.7 Å². The van der Waals surface area contributed by atoms with E-state index < -0.39 is 5.97 Å². The summed E-state index contributed by atoms with van der Waals surface area (Å²) >= 11 is 0. The highest BCUT2D eigenvalue weighted by Crippen LogP contribution is 2.06. The van der Waals surface area contributed by atoms with Crippen molar-refractivity contribution in [1.82, 2.24) is 0 Å². The van der Waals surface area contributed by atoms with Crippen LogP contribution >= 0.6 is 0 Å². The Balaban J connectivity index is 2.08. The maximum absolute atomic E-state index is 11.3. The highest BCUT2D eigenvalue weighted by Gasteiger charge is 2.03. The molecule has 0 aromatic heterocycles. The van der Waals surface area contributed by atoms with Crippen LogP contribution in [0.3, 0.4) is 0 Å². The Morgan fingerprint density at radius 1 is 1.12 bits per heavy atom. The number of carbonyl (C=O) groups excluding carboxylic acids is 2. The third kappa shape index (κ3) is 6.51. The lowest BCUT2D eigenvalue weighted by Gasteiger charge is -2.02. The zero-order valence-electron chi connectivity index (χ0n) is 10.1. The average molecular weight is 234 g/mol. The summed E-state index contributed by atoms with van der Waals surface area (Å²) in [4.78, 5) is 21.8. The van der Waals surface area contributed by atoms with E-state index in [2.05, 4.69) is 16.9 Å². The molecule has 3 heteroatoms. The van der Waals surface area contributed by atoms with Gasteiger partial charge in [0.25, 0.3) is 0 Å². The van der Waals surface area contributed by atoms with Crippen LogP contribution in [-0.4, -0.2) is 18.4 Å². The van der Waals surface area contributed by atoms with Crippen molar-refractivity contribution in [2.45, 2.75) is 32.6 Å². The number of rotatable bonds is 7. The standard InChI is InChI=1S/C14H18O3/c1-12(15)17-11-14(16)10-6-5-9-13-7-3-2-4-8-13/h2-4,7-8H,5-6,9-11H2,1H3. The van der Waals surface area contributed by atoms with Gasteiger partial charge in [-0.2, -0.15) is 0 Å². The molecule has 1 rings (SSSR count). The molecular weight excluding hydrogens is 216 g/mol. The predicted octanol–water partition coefficient (Wildman–Crippen LogP) is 2.53. The molecule has 0 atom stereocenters. The first-order valence-electron chi connectivity index (χ1n) is 5.87. The van der Waals surface area contributed by atoms with E-state index in [1.807, 2.05) is 18.2 Å². The SMILES string of the molecule is CC(=O)OCC(=O)CCCCc1ccccc1. The molecule has 0 saturated carbocycles. The molecule has 0 amide bonds. The molecule has 0 aliphatic rings. The number of aryl methyl sites for hydroxylation is 1. The van der Waals surface area contributed by atoms with E-state index in [-0.39, 0.29) is 12.4 Å². The zero-order valence-corrected chi connectivity index (χ0v) is 10.1. The van der Waals surface area contributed by atoms with E-state index >= 15 is 0 Å². The highest BCUT2D eigenvalue weighted by atomic mass is 16.5. The van der Waals surface area contributed by atoms with Crippen molar-refractivity contribution in [2.75, 3.05) is 6.61 Å². The van der Waals surface area contributed by atoms with Gasteiger partial charge in [-0.15, -0.1) is 0 Å². The molecule has 1 aromatic rings. The molecule has 0 N–H and O–H groups in total. The van der Waals surface area contributed by atoms with Gasteiger partial charge in [0.05, 0.1) is 0 Å². The van der Waals surface area contributed by atoms with Crippen molar-refractivity contribution in [3.63, 3.8) is 0 Å². The molecule has 0 spiro atoms. The maximum Gasteiger partial charge on any atom is 0.303 e. The summed E-state index contributed by atoms with van der Waals surface area (Å²) in [7, 11) is 0. The van der Waals surface area contributed by atoms with Crippen molar-refractivity contribution < 1.29 is 14.3 Å². The van der Waals surface area contributed by atoms with Gasteiger partial charge in [0.2, 0.25) is 0 Å². The van der Waals surface area contributed by atoms with Gasteiger partial charge in [-0.3, -0.25) is 9.59 Å². The minimum absolute atomic E-state index is 0.00624. The third-order valence-electron chi connectivity index (χ3n) is 2.45. The summed E-state index contributed by atoms with van der Waals surface area (Å²) in [5, 5.41) is 0. The molecule has 0 bridgehead atoms. The van der Waals surface area contributed by atoms with E-state index in [0.29, 0.717) is 6.42 Å². The van der Waals surface area contributed by atoms with E-state index in [4.69, 9.17) is 0 Å². The first-order valence-corrected chi connectivity index (χ1v) is 5.87. The minimum atomic E-state index is -0.400. The van der Waals surface area contributed by atoms with Crippen molar-refractivity contribution in [2.24, 2.45) is 0 Å². The van der Waals surface area contributed by atoms with Gasteiger partial charge >= 0.3 is 5.97 Å². The van der Waals surface area contributed by atoms with E-state index in [0.717, 1.165) is 19.3 Å². The molecule has 0 heterocycles. The van der Waals surface area contributed by atoms with Crippen LogP contribution in [0.25, 0.3) is 0 Å². The lowest BCUT2D eigenvalue weighted by Crippen LogP contribution is -2.11. The largest absolute Gasteiger partial charge is 0.458 e. The molecule has 0 radical (unpaired) electrons. The zero-order chi connectivity index (χ0) is 12.5. The van der Waals surface area contributed by atoms with Crippen LogP contribution < -0.4 is 0 Å². The first kappa shape index (κ1) is 13.4. The first-order chi connectivity index (χ1) is 8.18. The predicted molar refractivity (Wildman–Crippen MR) is 65.6 cm³/mol. The molecular formula is C14H18O3. The van der Waals surface area contributed by atoms with Crippen LogP contribution in [0, 0.1) is 0 Å². The second-order valence-electron chi connectivity index (χ2n) is 4.01. The van der Waals surface area contributed by atoms with Gasteiger partial charge in [0.15, 0.2) is 5.78 Å². The molecule has 0 aliphatic carbocycles. The average Bonchev–Trinajstić information content (AvgIpc) is 2.33. The fourth-order valence-corrected chi connectivity index (χ4v) is 1.55. The summed E-state index contributed by atoms with van der Waals surface area (Å²) in [5.74, 6) is -0.407. The van der Waals surface area contributed by atoms with Gasteiger partial charge in [-0.05, 0) is 24.8 Å². The van der Waals surface area contributed by atoms with E-state index in [1.54, 1.807) is 0 Å². The van der Waals surface area contributed by atoms with Crippen LogP contribution in [-0.2, 0) is 20.7 Å². The smallest absolute Gasteiger partial charge is 0.303 e. The Labute approximate surface area is 102 Å². The quantitative estimate of drug-likeness (QED) is 0.538. The monoisotopic (exact) mass is 234 g/mol. The number of ether oxygens (including phenoxy) is 1. The van der Waals surface area contributed by atoms with E-state index in [1.165, 1.54) is 12.5 Å². The Kier molecular flexibility index (Phi) is 6.00. The highest BCUT2D eigenvalue weighted by molar-refractivity contribution is 5.81. The van der Waals surface area contributed by atoms with Gasteiger partial charge < -0.3 is 4.74 Å². The van der Waals surface area contributed by atoms with Crippen LogP contribution in [0.2, 0.25) is 0 Å². The number of hydrogen-bond donors (Lipinski definition) is 0. The van der Waals surface area contributed by atoms with Crippen molar-refractivity contribution in [3.05, 3.63) is 35.9 Å². The maximum atomic E-state index is 11.3. The second-order valence-corrected chi connectivity index (χ2v) is 4.01. The lowest BCUT2D eigenvalue weighted by atomic mass is 10.1. The van der Waals surface area contributed by atoms with Crippen LogP contribution in [0.15, 0.2) is 30.3 Å². The number of hydrogen-bond acceptors (Lipinski definition) is 3. The number of esters is 1. The Hall–Kier alpha value is -1.64. The normalized spacial score (nSPS) is 9.94. The van der Waals surface area contributed by atoms with Crippen molar-refractivity contribution in [3.8, 4) is 0 Å². The van der Waals surface area contributed by atoms with Gasteiger partial charge in [-0.25, -0.2) is 0 Å². The second kappa shape index (κ2) is 7.60. The number of ketones is 1. The number of unbranched alkanes of at least 4 members (excludes halogenated alkanes) is 1. The number of carbonyl (C=O) groups is 2. The minimum Gasteiger partial charge on any atom is -0.458 e. The summed E-state index contributed by atoms with van der Waals surface area (Å²) < 4.78 is 4.63. The van der Waals surface area contributed by atoms with Gasteiger partial charge in [0.1, 0.15) is 6.61 Å². The molecule has 0 unspecified atom stereocenters. The Morgan fingerprint density at radius 3 is 2.47 bits per heavy atom. The third-order valence-corrected chi connectivity index (χ3v) is 2.45. The molecule has 0 saturated heterocycles. The molecule has 0 aliphatic heterocycles. The molecule has 0 fully saturated rings. The van der Waals surface area contributed by atoms with Crippen LogP contribution in [0.5, 0.6) is 0 Å². The van der Waals surface area contributed by atoms with Crippen LogP contribution in [0.4, 0.5) is 0 Å². The van der Waals surface area contributed by atoms with Gasteiger partial charge in [0, 0.05) is 13.3 Å². The fourth-order valence-electron chi connectivity index (χ4n) is 1.55. The van der Waals surface area contributed by atoms with Crippen molar-refractivity contribution >= 4 is 11.8 Å². The summed E-state index contributed by atoms with van der Waals surface area (Å²) in [5.41, 5.74) is 1.29. The number of benzene rings is 1. The summed E-state index contributed by atoms with van der Waals surface area (Å²) in [6.45, 7) is 1.23. The Bertz CT molecular complexity index is 357. The topological polar surface area (TPSA) is 43.4 Å².